The first-order valence-electron chi connectivity index (χ1n) is 7.48. The van der Waals surface area contributed by atoms with Gasteiger partial charge in [0, 0.05) is 26.1 Å². The van der Waals surface area contributed by atoms with Gasteiger partial charge in [0.15, 0.2) is 0 Å². The number of ether oxygens (including phenoxy) is 1. The summed E-state index contributed by atoms with van der Waals surface area (Å²) in [5.41, 5.74) is 4.15. The predicted molar refractivity (Wildman–Crippen MR) is 101 cm³/mol. The van der Waals surface area contributed by atoms with Gasteiger partial charge in [-0.05, 0) is 56.1 Å². The van der Waals surface area contributed by atoms with Gasteiger partial charge >= 0.3 is 0 Å². The minimum absolute atomic E-state index is 0.291. The Hall–Kier alpha value is -1.25. The van der Waals surface area contributed by atoms with Gasteiger partial charge in [-0.15, -0.1) is 0 Å². The molecule has 0 saturated carbocycles. The molecule has 0 unspecified atom stereocenters. The van der Waals surface area contributed by atoms with E-state index in [2.05, 4.69) is 47.1 Å². The topological polar surface area (TPSA) is 73.1 Å². The fraction of sp³-hybridized carbons (Fsp3) is 0.375. The molecule has 0 bridgehead atoms. The zero-order chi connectivity index (χ0) is 17.4. The highest BCUT2D eigenvalue weighted by atomic mass is 79.9. The molecule has 0 spiro atoms. The molecule has 24 heavy (non-hydrogen) atoms. The van der Waals surface area contributed by atoms with Gasteiger partial charge < -0.3 is 15.8 Å². The third-order valence-electron chi connectivity index (χ3n) is 3.43. The Labute approximate surface area is 157 Å². The van der Waals surface area contributed by atoms with Crippen LogP contribution < -0.4 is 11.1 Å². The smallest absolute Gasteiger partial charge is 0.132 e. The molecule has 1 aliphatic heterocycles. The third-order valence-corrected chi connectivity index (χ3v) is 4.31. The lowest BCUT2D eigenvalue weighted by Crippen LogP contribution is -2.38. The molecule has 2 aromatic heterocycles. The molecule has 0 amide bonds. The summed E-state index contributed by atoms with van der Waals surface area (Å²) < 4.78 is 20.8. The van der Waals surface area contributed by atoms with Crippen LogP contribution in [-0.2, 0) is 4.74 Å². The molecule has 1 saturated heterocycles. The van der Waals surface area contributed by atoms with E-state index in [1.807, 2.05) is 30.3 Å². The average Bonchev–Trinajstić information content (AvgIpc) is 2.54. The number of halogens is 3. The van der Waals surface area contributed by atoms with Crippen molar-refractivity contribution in [2.24, 2.45) is 0 Å². The number of alkyl halides is 1. The zero-order valence-electron chi connectivity index (χ0n) is 13.0. The summed E-state index contributed by atoms with van der Waals surface area (Å²) in [6, 6.07) is 10.9. The Balaban J connectivity index is 0.000000219. The van der Waals surface area contributed by atoms with Gasteiger partial charge in [-0.1, -0.05) is 12.1 Å². The molecule has 8 heteroatoms. The lowest BCUT2D eigenvalue weighted by atomic mass is 9.96. The Kier molecular flexibility index (Phi) is 7.39. The van der Waals surface area contributed by atoms with Gasteiger partial charge in [-0.2, -0.15) is 0 Å². The summed E-state index contributed by atoms with van der Waals surface area (Å²) in [5.74, 6) is 1.23. The highest BCUT2D eigenvalue weighted by molar-refractivity contribution is 9.10. The second kappa shape index (κ2) is 9.29. The fourth-order valence-electron chi connectivity index (χ4n) is 2.09. The van der Waals surface area contributed by atoms with E-state index >= 15 is 0 Å². The van der Waals surface area contributed by atoms with Crippen LogP contribution in [0.4, 0.5) is 16.0 Å². The van der Waals surface area contributed by atoms with E-state index in [0.29, 0.717) is 44.2 Å². The van der Waals surface area contributed by atoms with Crippen molar-refractivity contribution >= 4 is 43.5 Å². The minimum atomic E-state index is -1.16. The Morgan fingerprint density at radius 2 is 1.71 bits per heavy atom. The minimum Gasteiger partial charge on any atom is -0.384 e. The second-order valence-corrected chi connectivity index (χ2v) is 6.97. The number of nitrogen functional groups attached to an aromatic ring is 1. The number of nitrogens with two attached hydrogens (primary N) is 1. The largest absolute Gasteiger partial charge is 0.384 e. The van der Waals surface area contributed by atoms with Crippen LogP contribution in [0.5, 0.6) is 0 Å². The van der Waals surface area contributed by atoms with E-state index in [1.165, 1.54) is 0 Å². The number of aromatic nitrogens is 2. The summed E-state index contributed by atoms with van der Waals surface area (Å²) in [5, 5.41) is 3.02. The first-order chi connectivity index (χ1) is 11.5. The molecule has 5 nitrogen and oxygen atoms in total. The lowest BCUT2D eigenvalue weighted by molar-refractivity contribution is -0.00119. The normalized spacial score (nSPS) is 16.0. The van der Waals surface area contributed by atoms with Crippen LogP contribution in [0.2, 0.25) is 0 Å². The van der Waals surface area contributed by atoms with Crippen molar-refractivity contribution in [2.75, 3.05) is 30.8 Å². The van der Waals surface area contributed by atoms with Crippen LogP contribution in [-0.4, -0.2) is 35.4 Å². The number of hydrogen-bond donors (Lipinski definition) is 2. The van der Waals surface area contributed by atoms with Crippen LogP contribution in [0.25, 0.3) is 0 Å². The number of anilines is 2. The first kappa shape index (κ1) is 19.1. The maximum absolute atomic E-state index is 14.2. The van der Waals surface area contributed by atoms with Crippen molar-refractivity contribution in [1.82, 2.24) is 9.97 Å². The fourth-order valence-corrected chi connectivity index (χ4v) is 2.79. The summed E-state index contributed by atoms with van der Waals surface area (Å²) in [6.45, 7) is 1.30. The lowest BCUT2D eigenvalue weighted by Gasteiger charge is -2.29. The highest BCUT2D eigenvalue weighted by Gasteiger charge is 2.32. The molecule has 3 heterocycles. The Bertz CT molecular complexity index is 636. The molecule has 3 N–H and O–H groups in total. The summed E-state index contributed by atoms with van der Waals surface area (Å²) in [7, 11) is 0. The van der Waals surface area contributed by atoms with Gasteiger partial charge in [-0.25, -0.2) is 14.4 Å². The molecule has 2 aromatic rings. The maximum Gasteiger partial charge on any atom is 0.132 e. The van der Waals surface area contributed by atoms with Crippen molar-refractivity contribution in [2.45, 2.75) is 18.5 Å². The molecule has 0 aromatic carbocycles. The van der Waals surface area contributed by atoms with Crippen LogP contribution in [0.15, 0.2) is 45.6 Å². The van der Waals surface area contributed by atoms with Crippen LogP contribution in [0, 0.1) is 0 Å². The third kappa shape index (κ3) is 6.70. The Morgan fingerprint density at radius 1 is 1.08 bits per heavy atom. The molecule has 0 radical (unpaired) electrons. The quantitative estimate of drug-likeness (QED) is 0.670. The van der Waals surface area contributed by atoms with Crippen molar-refractivity contribution in [3.05, 3.63) is 45.6 Å². The summed E-state index contributed by atoms with van der Waals surface area (Å²) >= 11 is 6.45. The van der Waals surface area contributed by atoms with Crippen molar-refractivity contribution in [3.8, 4) is 0 Å². The maximum atomic E-state index is 14.2. The van der Waals surface area contributed by atoms with E-state index in [1.54, 1.807) is 6.07 Å². The number of hydrogen-bond acceptors (Lipinski definition) is 5. The molecular formula is C16H19Br2FN4O. The van der Waals surface area contributed by atoms with Crippen LogP contribution in [0.1, 0.15) is 12.8 Å². The summed E-state index contributed by atoms with van der Waals surface area (Å²) in [6.07, 6.45) is 0.905. The number of pyridine rings is 2. The number of nitrogens with one attached hydrogen (secondary N) is 1. The van der Waals surface area contributed by atoms with Gasteiger partial charge in [0.2, 0.25) is 0 Å². The first-order valence-corrected chi connectivity index (χ1v) is 9.07. The van der Waals surface area contributed by atoms with Crippen LogP contribution in [0.3, 0.4) is 0 Å². The number of rotatable bonds is 3. The molecule has 0 aliphatic carbocycles. The predicted octanol–water partition coefficient (Wildman–Crippen LogP) is 4.20. The molecular weight excluding hydrogens is 443 g/mol. The molecule has 130 valence electrons. The van der Waals surface area contributed by atoms with E-state index in [4.69, 9.17) is 10.5 Å². The monoisotopic (exact) mass is 460 g/mol. The van der Waals surface area contributed by atoms with Gasteiger partial charge in [0.25, 0.3) is 0 Å². The van der Waals surface area contributed by atoms with Crippen molar-refractivity contribution < 1.29 is 9.13 Å². The van der Waals surface area contributed by atoms with Crippen molar-refractivity contribution in [3.63, 3.8) is 0 Å². The van der Waals surface area contributed by atoms with Gasteiger partial charge in [0.05, 0.1) is 6.54 Å². The van der Waals surface area contributed by atoms with E-state index in [0.717, 1.165) is 9.21 Å². The standard InChI is InChI=1S/C11H14BrFN2O.C5H5BrN2/c12-9-2-1-3-10(15-9)14-8-11(13)4-6-16-7-5-11;6-4-2-1-3-5(7)8-4/h1-3H,4-8H2,(H,14,15);1-3H,(H2,7,8). The summed E-state index contributed by atoms with van der Waals surface area (Å²) in [4.78, 5) is 8.06. The van der Waals surface area contributed by atoms with E-state index in [-0.39, 0.29) is 0 Å². The van der Waals surface area contributed by atoms with E-state index < -0.39 is 5.67 Å². The van der Waals surface area contributed by atoms with Gasteiger partial charge in [0.1, 0.15) is 26.5 Å². The average molecular weight is 462 g/mol. The zero-order valence-corrected chi connectivity index (χ0v) is 16.2. The second-order valence-electron chi connectivity index (χ2n) is 5.35. The SMILES string of the molecule is FC1(CNc2cccc(Br)n2)CCOCC1.Nc1cccc(Br)n1. The van der Waals surface area contributed by atoms with E-state index in [9.17, 15) is 4.39 Å². The highest BCUT2D eigenvalue weighted by Crippen LogP contribution is 2.25. The molecule has 1 fully saturated rings. The molecule has 3 rings (SSSR count). The molecule has 0 atom stereocenters. The number of nitrogens with zero attached hydrogens (tertiary/aromatic N) is 2. The molecule has 1 aliphatic rings. The van der Waals surface area contributed by atoms with Crippen LogP contribution >= 0.6 is 31.9 Å². The van der Waals surface area contributed by atoms with Crippen molar-refractivity contribution in [1.29, 1.82) is 0 Å². The van der Waals surface area contributed by atoms with Gasteiger partial charge in [-0.3, -0.25) is 0 Å². The Morgan fingerprint density at radius 3 is 2.25 bits per heavy atom.